The van der Waals surface area contributed by atoms with E-state index in [1.807, 2.05) is 0 Å². The monoisotopic (exact) mass is 246 g/mol. The fourth-order valence-electron chi connectivity index (χ4n) is 1.67. The molecule has 0 aliphatic rings. The van der Waals surface area contributed by atoms with E-state index >= 15 is 0 Å². The van der Waals surface area contributed by atoms with Gasteiger partial charge in [-0.25, -0.2) is 0 Å². The second-order valence-corrected chi connectivity index (χ2v) is 3.73. The summed E-state index contributed by atoms with van der Waals surface area (Å²) in [5, 5.41) is 0. The highest BCUT2D eigenvalue weighted by atomic mass is 19.4. The van der Waals surface area contributed by atoms with Crippen molar-refractivity contribution in [3.8, 4) is 5.75 Å². The number of ether oxygens (including phenoxy) is 1. The second kappa shape index (κ2) is 5.21. The smallest absolute Gasteiger partial charge is 0.419 e. The number of carbonyl (C=O) groups is 1. The van der Waals surface area contributed by atoms with Crippen LogP contribution in [0.3, 0.4) is 0 Å². The largest absolute Gasteiger partial charge is 0.496 e. The molecule has 0 bridgehead atoms. The zero-order chi connectivity index (χ0) is 13.1. The maximum Gasteiger partial charge on any atom is 0.419 e. The zero-order valence-electron chi connectivity index (χ0n) is 9.54. The predicted octanol–water partition coefficient (Wildman–Crippen LogP) is 3.41. The highest BCUT2D eigenvalue weighted by molar-refractivity contribution is 5.54. The van der Waals surface area contributed by atoms with Gasteiger partial charge in [0.1, 0.15) is 12.0 Å². The molecule has 1 atom stereocenters. The van der Waals surface area contributed by atoms with Crippen LogP contribution >= 0.6 is 0 Å². The molecule has 1 aromatic rings. The molecular weight excluding hydrogens is 233 g/mol. The van der Waals surface area contributed by atoms with Crippen LogP contribution in [0.5, 0.6) is 5.75 Å². The van der Waals surface area contributed by atoms with Crippen LogP contribution in [0.15, 0.2) is 18.2 Å². The lowest BCUT2D eigenvalue weighted by molar-refractivity contribution is -0.138. The molecule has 2 nitrogen and oxygen atoms in total. The normalized spacial score (nSPS) is 13.2. The van der Waals surface area contributed by atoms with Crippen molar-refractivity contribution in [2.45, 2.75) is 25.4 Å². The van der Waals surface area contributed by atoms with Gasteiger partial charge in [0.15, 0.2) is 0 Å². The topological polar surface area (TPSA) is 26.3 Å². The molecule has 94 valence electrons. The molecular formula is C12H13F3O2. The molecule has 0 N–H and O–H groups in total. The number of hydrogen-bond donors (Lipinski definition) is 0. The van der Waals surface area contributed by atoms with Crippen molar-refractivity contribution < 1.29 is 22.7 Å². The number of methoxy groups -OCH3 is 1. The molecule has 1 aromatic carbocycles. The molecule has 0 aliphatic carbocycles. The Morgan fingerprint density at radius 2 is 2.06 bits per heavy atom. The second-order valence-electron chi connectivity index (χ2n) is 3.73. The third-order valence-electron chi connectivity index (χ3n) is 2.54. The molecule has 0 aromatic heterocycles. The highest BCUT2D eigenvalue weighted by Gasteiger charge is 2.35. The SMILES string of the molecule is COc1c(C(C)CC=O)cccc1C(F)(F)F. The highest BCUT2D eigenvalue weighted by Crippen LogP contribution is 2.40. The van der Waals surface area contributed by atoms with E-state index in [0.29, 0.717) is 11.8 Å². The Bertz CT molecular complexity index is 399. The summed E-state index contributed by atoms with van der Waals surface area (Å²) in [6.45, 7) is 1.69. The molecule has 0 heterocycles. The van der Waals surface area contributed by atoms with E-state index in [-0.39, 0.29) is 18.1 Å². The number of hydrogen-bond acceptors (Lipinski definition) is 2. The molecule has 0 saturated carbocycles. The van der Waals surface area contributed by atoms with E-state index in [0.717, 1.165) is 6.07 Å². The molecule has 1 rings (SSSR count). The van der Waals surface area contributed by atoms with Crippen molar-refractivity contribution in [1.29, 1.82) is 0 Å². The molecule has 1 unspecified atom stereocenters. The number of aldehydes is 1. The van der Waals surface area contributed by atoms with Crippen molar-refractivity contribution in [3.63, 3.8) is 0 Å². The van der Waals surface area contributed by atoms with Crippen LogP contribution < -0.4 is 4.74 Å². The van der Waals surface area contributed by atoms with Crippen molar-refractivity contribution in [2.24, 2.45) is 0 Å². The minimum atomic E-state index is -4.46. The summed E-state index contributed by atoms with van der Waals surface area (Å²) < 4.78 is 43.0. The quantitative estimate of drug-likeness (QED) is 0.761. The molecule has 0 fully saturated rings. The number of carbonyl (C=O) groups excluding carboxylic acids is 1. The van der Waals surface area contributed by atoms with Crippen LogP contribution in [0.1, 0.15) is 30.4 Å². The lowest BCUT2D eigenvalue weighted by Crippen LogP contribution is -2.10. The molecule has 0 saturated heterocycles. The van der Waals surface area contributed by atoms with Gasteiger partial charge in [0.25, 0.3) is 0 Å². The van der Waals surface area contributed by atoms with Gasteiger partial charge in [0, 0.05) is 6.42 Å². The fraction of sp³-hybridized carbons (Fsp3) is 0.417. The van der Waals surface area contributed by atoms with Crippen LogP contribution in [-0.4, -0.2) is 13.4 Å². The first kappa shape index (κ1) is 13.5. The van der Waals surface area contributed by atoms with E-state index in [2.05, 4.69) is 0 Å². The minimum absolute atomic E-state index is 0.164. The Balaban J connectivity index is 3.28. The Hall–Kier alpha value is -1.52. The summed E-state index contributed by atoms with van der Waals surface area (Å²) in [6, 6.07) is 3.83. The summed E-state index contributed by atoms with van der Waals surface area (Å²) in [6.07, 6.45) is -3.61. The maximum absolute atomic E-state index is 12.7. The third-order valence-corrected chi connectivity index (χ3v) is 2.54. The Morgan fingerprint density at radius 1 is 1.41 bits per heavy atom. The van der Waals surface area contributed by atoms with Crippen LogP contribution in [0.25, 0.3) is 0 Å². The van der Waals surface area contributed by atoms with Gasteiger partial charge in [-0.05, 0) is 17.5 Å². The number of rotatable bonds is 4. The predicted molar refractivity (Wildman–Crippen MR) is 57.1 cm³/mol. The van der Waals surface area contributed by atoms with Crippen LogP contribution in [0.4, 0.5) is 13.2 Å². The zero-order valence-corrected chi connectivity index (χ0v) is 9.54. The summed E-state index contributed by atoms with van der Waals surface area (Å²) in [5.74, 6) is -0.501. The first-order valence-electron chi connectivity index (χ1n) is 5.09. The number of para-hydroxylation sites is 1. The maximum atomic E-state index is 12.7. The Morgan fingerprint density at radius 3 is 2.53 bits per heavy atom. The third kappa shape index (κ3) is 2.99. The summed E-state index contributed by atoms with van der Waals surface area (Å²) in [4.78, 5) is 10.4. The van der Waals surface area contributed by atoms with E-state index in [1.165, 1.54) is 13.2 Å². The van der Waals surface area contributed by atoms with Gasteiger partial charge in [0.2, 0.25) is 0 Å². The van der Waals surface area contributed by atoms with E-state index in [1.54, 1.807) is 13.0 Å². The average molecular weight is 246 g/mol. The molecule has 0 radical (unpaired) electrons. The van der Waals surface area contributed by atoms with Crippen molar-refractivity contribution in [1.82, 2.24) is 0 Å². The summed E-state index contributed by atoms with van der Waals surface area (Å²) in [7, 11) is 1.20. The van der Waals surface area contributed by atoms with Crippen molar-refractivity contribution in [2.75, 3.05) is 7.11 Å². The number of alkyl halides is 3. The van der Waals surface area contributed by atoms with Gasteiger partial charge in [-0.15, -0.1) is 0 Å². The van der Waals surface area contributed by atoms with Gasteiger partial charge in [-0.2, -0.15) is 13.2 Å². The average Bonchev–Trinajstić information content (AvgIpc) is 2.27. The Kier molecular flexibility index (Phi) is 4.15. The van der Waals surface area contributed by atoms with Gasteiger partial charge >= 0.3 is 6.18 Å². The van der Waals surface area contributed by atoms with E-state index < -0.39 is 11.7 Å². The van der Waals surface area contributed by atoms with Crippen molar-refractivity contribution >= 4 is 6.29 Å². The van der Waals surface area contributed by atoms with E-state index in [9.17, 15) is 18.0 Å². The van der Waals surface area contributed by atoms with Gasteiger partial charge in [-0.1, -0.05) is 19.1 Å². The van der Waals surface area contributed by atoms with Gasteiger partial charge < -0.3 is 9.53 Å². The first-order valence-corrected chi connectivity index (χ1v) is 5.09. The van der Waals surface area contributed by atoms with E-state index in [4.69, 9.17) is 4.74 Å². The molecule has 5 heteroatoms. The standard InChI is InChI=1S/C12H13F3O2/c1-8(6-7-16)9-4-3-5-10(11(9)17-2)12(13,14)15/h3-5,7-8H,6H2,1-2H3. The van der Waals surface area contributed by atoms with Crippen molar-refractivity contribution in [3.05, 3.63) is 29.3 Å². The first-order chi connectivity index (χ1) is 7.91. The van der Waals surface area contributed by atoms with Gasteiger partial charge in [0.05, 0.1) is 12.7 Å². The van der Waals surface area contributed by atoms with Crippen LogP contribution in [-0.2, 0) is 11.0 Å². The lowest BCUT2D eigenvalue weighted by Gasteiger charge is -2.18. The van der Waals surface area contributed by atoms with Crippen LogP contribution in [0.2, 0.25) is 0 Å². The molecule has 0 spiro atoms. The fourth-order valence-corrected chi connectivity index (χ4v) is 1.67. The van der Waals surface area contributed by atoms with Crippen LogP contribution in [0, 0.1) is 0 Å². The summed E-state index contributed by atoms with van der Waals surface area (Å²) in [5.41, 5.74) is -0.412. The number of halogens is 3. The number of benzene rings is 1. The van der Waals surface area contributed by atoms with Gasteiger partial charge in [-0.3, -0.25) is 0 Å². The minimum Gasteiger partial charge on any atom is -0.496 e. The lowest BCUT2D eigenvalue weighted by atomic mass is 9.95. The summed E-state index contributed by atoms with van der Waals surface area (Å²) >= 11 is 0. The Labute approximate surface area is 97.4 Å². The molecule has 0 amide bonds. The molecule has 17 heavy (non-hydrogen) atoms. The molecule has 0 aliphatic heterocycles.